The van der Waals surface area contributed by atoms with Gasteiger partial charge in [-0.25, -0.2) is 0 Å². The molecule has 0 aromatic heterocycles. The highest BCUT2D eigenvalue weighted by Crippen LogP contribution is 2.10. The Morgan fingerprint density at radius 3 is 2.32 bits per heavy atom. The zero-order chi connectivity index (χ0) is 15.9. The maximum Gasteiger partial charge on any atom is 0.191 e. The molecule has 4 nitrogen and oxygen atoms in total. The molecule has 0 aliphatic rings. The quantitative estimate of drug-likeness (QED) is 0.406. The molecule has 0 aliphatic heterocycles. The summed E-state index contributed by atoms with van der Waals surface area (Å²) in [5, 5.41) is 7.12. The van der Waals surface area contributed by atoms with Crippen LogP contribution in [0, 0.1) is 0 Å². The number of guanidine groups is 1. The fourth-order valence-corrected chi connectivity index (χ4v) is 2.60. The highest BCUT2D eigenvalue weighted by atomic mass is 127. The smallest absolute Gasteiger partial charge is 0.191 e. The van der Waals surface area contributed by atoms with Crippen LogP contribution >= 0.6 is 35.6 Å². The van der Waals surface area contributed by atoms with Gasteiger partial charge in [-0.15, -0.1) is 24.0 Å². The second-order valence-electron chi connectivity index (χ2n) is 5.64. The monoisotopic (exact) mass is 457 g/mol. The maximum atomic E-state index is 11.9. The number of rotatable bonds is 5. The van der Waals surface area contributed by atoms with E-state index in [9.17, 15) is 4.21 Å². The van der Waals surface area contributed by atoms with Crippen LogP contribution in [0.5, 0.6) is 0 Å². The number of halogens is 2. The zero-order valence-corrected chi connectivity index (χ0v) is 17.4. The van der Waals surface area contributed by atoms with Crippen molar-refractivity contribution < 1.29 is 4.21 Å². The third-order valence-corrected chi connectivity index (χ3v) is 5.05. The Balaban J connectivity index is 0.00000441. The lowest BCUT2D eigenvalue weighted by Crippen LogP contribution is -2.40. The summed E-state index contributed by atoms with van der Waals surface area (Å²) >= 11 is 5.85. The number of hydrogen-bond acceptors (Lipinski definition) is 2. The van der Waals surface area contributed by atoms with Crippen molar-refractivity contribution in [3.8, 4) is 0 Å². The molecule has 0 radical (unpaired) electrons. The number of aliphatic imine (C=N–C) groups is 1. The summed E-state index contributed by atoms with van der Waals surface area (Å²) in [6.07, 6.45) is 0. The Hall–Kier alpha value is -0.340. The molecule has 1 unspecified atom stereocenters. The highest BCUT2D eigenvalue weighted by molar-refractivity contribution is 14.0. The number of hydrogen-bond donors (Lipinski definition) is 2. The lowest BCUT2D eigenvalue weighted by molar-refractivity contribution is 0.647. The predicted molar refractivity (Wildman–Crippen MR) is 108 cm³/mol. The molecule has 7 heteroatoms. The van der Waals surface area contributed by atoms with E-state index < -0.39 is 10.8 Å². The molecule has 0 heterocycles. The van der Waals surface area contributed by atoms with Crippen LogP contribution < -0.4 is 10.6 Å². The molecule has 126 valence electrons. The molecule has 0 amide bonds. The van der Waals surface area contributed by atoms with E-state index in [2.05, 4.69) is 15.6 Å². The topological polar surface area (TPSA) is 53.5 Å². The summed E-state index contributed by atoms with van der Waals surface area (Å²) in [6.45, 7) is 7.24. The van der Waals surface area contributed by atoms with E-state index in [0.717, 1.165) is 10.6 Å². The van der Waals surface area contributed by atoms with Gasteiger partial charge in [0, 0.05) is 46.5 Å². The average molecular weight is 458 g/mol. The van der Waals surface area contributed by atoms with Crippen LogP contribution in [0.25, 0.3) is 0 Å². The van der Waals surface area contributed by atoms with Crippen LogP contribution in [0.1, 0.15) is 26.3 Å². The van der Waals surface area contributed by atoms with Crippen LogP contribution in [0.15, 0.2) is 29.3 Å². The van der Waals surface area contributed by atoms with Crippen LogP contribution in [0.2, 0.25) is 5.02 Å². The van der Waals surface area contributed by atoms with Gasteiger partial charge in [-0.05, 0) is 38.5 Å². The number of benzene rings is 1. The van der Waals surface area contributed by atoms with E-state index in [0.29, 0.717) is 24.8 Å². The van der Waals surface area contributed by atoms with Crippen molar-refractivity contribution in [3.05, 3.63) is 34.9 Å². The molecule has 1 aromatic rings. The van der Waals surface area contributed by atoms with Crippen molar-refractivity contribution in [3.63, 3.8) is 0 Å². The Morgan fingerprint density at radius 1 is 1.23 bits per heavy atom. The Morgan fingerprint density at radius 2 is 1.82 bits per heavy atom. The molecule has 0 fully saturated rings. The molecule has 0 spiro atoms. The van der Waals surface area contributed by atoms with Gasteiger partial charge >= 0.3 is 0 Å². The van der Waals surface area contributed by atoms with Gasteiger partial charge in [-0.3, -0.25) is 9.20 Å². The highest BCUT2D eigenvalue weighted by Gasteiger charge is 2.18. The van der Waals surface area contributed by atoms with Crippen molar-refractivity contribution in [2.75, 3.05) is 19.3 Å². The first kappa shape index (κ1) is 21.7. The summed E-state index contributed by atoms with van der Waals surface area (Å²) in [5.74, 6) is 1.31. The summed E-state index contributed by atoms with van der Waals surface area (Å²) in [7, 11) is 0.862. The molecular formula is C15H25ClIN3OS. The molecule has 2 N–H and O–H groups in total. The van der Waals surface area contributed by atoms with Crippen molar-refractivity contribution in [1.29, 1.82) is 0 Å². The van der Waals surface area contributed by atoms with E-state index in [1.807, 2.05) is 45.0 Å². The van der Waals surface area contributed by atoms with Gasteiger partial charge < -0.3 is 10.6 Å². The van der Waals surface area contributed by atoms with E-state index in [1.54, 1.807) is 7.05 Å². The number of nitrogens with zero attached hydrogens (tertiary/aromatic N) is 1. The van der Waals surface area contributed by atoms with Gasteiger partial charge in [0.1, 0.15) is 0 Å². The maximum absolute atomic E-state index is 11.9. The fourth-order valence-electron chi connectivity index (χ4n) is 1.58. The summed E-state index contributed by atoms with van der Waals surface area (Å²) in [4.78, 5) is 4.15. The first-order valence-corrected chi connectivity index (χ1v) is 8.60. The van der Waals surface area contributed by atoms with Crippen LogP contribution in [0.4, 0.5) is 0 Å². The lowest BCUT2D eigenvalue weighted by atomic mass is 10.2. The van der Waals surface area contributed by atoms with Gasteiger partial charge in [-0.2, -0.15) is 0 Å². The van der Waals surface area contributed by atoms with Crippen LogP contribution in [-0.4, -0.2) is 34.3 Å². The van der Waals surface area contributed by atoms with Crippen LogP contribution in [-0.2, 0) is 17.3 Å². The second-order valence-corrected chi connectivity index (χ2v) is 8.40. The third kappa shape index (κ3) is 8.33. The SMILES string of the molecule is CN=C(NCCS(=O)C(C)(C)C)NCc1ccc(Cl)cc1.I. The van der Waals surface area contributed by atoms with Gasteiger partial charge in [-0.1, -0.05) is 23.7 Å². The van der Waals surface area contributed by atoms with Gasteiger partial charge in [0.25, 0.3) is 0 Å². The lowest BCUT2D eigenvalue weighted by Gasteiger charge is -2.18. The fraction of sp³-hybridized carbons (Fsp3) is 0.533. The molecule has 0 bridgehead atoms. The molecule has 22 heavy (non-hydrogen) atoms. The Labute approximate surface area is 158 Å². The van der Waals surface area contributed by atoms with E-state index in [-0.39, 0.29) is 28.7 Å². The molecule has 0 saturated heterocycles. The van der Waals surface area contributed by atoms with E-state index in [4.69, 9.17) is 11.6 Å². The Bertz CT molecular complexity index is 501. The summed E-state index contributed by atoms with van der Waals surface area (Å²) in [6, 6.07) is 7.66. The van der Waals surface area contributed by atoms with E-state index >= 15 is 0 Å². The molecular weight excluding hydrogens is 433 g/mol. The second kappa shape index (κ2) is 10.4. The van der Waals surface area contributed by atoms with Crippen LogP contribution in [0.3, 0.4) is 0 Å². The normalized spacial score (nSPS) is 13.2. The minimum atomic E-state index is -0.858. The average Bonchev–Trinajstić information content (AvgIpc) is 2.43. The first-order valence-electron chi connectivity index (χ1n) is 6.90. The standard InChI is InChI=1S/C15H24ClN3OS.HI/c1-15(2,3)21(20)10-9-18-14(17-4)19-11-12-5-7-13(16)8-6-12;/h5-8H,9-11H2,1-4H3,(H2,17,18,19);1H. The summed E-state index contributed by atoms with van der Waals surface area (Å²) < 4.78 is 11.8. The van der Waals surface area contributed by atoms with Crippen molar-refractivity contribution >= 4 is 52.3 Å². The minimum Gasteiger partial charge on any atom is -0.355 e. The molecule has 0 saturated carbocycles. The van der Waals surface area contributed by atoms with Gasteiger partial charge in [0.2, 0.25) is 0 Å². The van der Waals surface area contributed by atoms with Crippen molar-refractivity contribution in [2.24, 2.45) is 4.99 Å². The largest absolute Gasteiger partial charge is 0.355 e. The first-order chi connectivity index (χ1) is 9.82. The van der Waals surface area contributed by atoms with Crippen molar-refractivity contribution in [2.45, 2.75) is 32.1 Å². The minimum absolute atomic E-state index is 0. The summed E-state index contributed by atoms with van der Waals surface area (Å²) in [5.41, 5.74) is 1.13. The zero-order valence-electron chi connectivity index (χ0n) is 13.5. The van der Waals surface area contributed by atoms with Crippen molar-refractivity contribution in [1.82, 2.24) is 10.6 Å². The predicted octanol–water partition coefficient (Wildman–Crippen LogP) is 3.17. The van der Waals surface area contributed by atoms with Gasteiger partial charge in [0.15, 0.2) is 5.96 Å². The molecule has 1 atom stereocenters. The Kier molecular flexibility index (Phi) is 10.3. The number of nitrogens with one attached hydrogen (secondary N) is 2. The molecule has 1 rings (SSSR count). The molecule has 0 aliphatic carbocycles. The van der Waals surface area contributed by atoms with Gasteiger partial charge in [0.05, 0.1) is 0 Å². The molecule has 1 aromatic carbocycles. The van der Waals surface area contributed by atoms with E-state index in [1.165, 1.54) is 0 Å². The third-order valence-electron chi connectivity index (χ3n) is 2.86.